The summed E-state index contributed by atoms with van der Waals surface area (Å²) >= 11 is 7.90. The minimum absolute atomic E-state index is 0.0682. The number of thioether (sulfide) groups is 1. The highest BCUT2D eigenvalue weighted by Crippen LogP contribution is 2.34. The molecule has 7 heteroatoms. The average molecular weight is 427 g/mol. The molecule has 1 aromatic carbocycles. The van der Waals surface area contributed by atoms with Gasteiger partial charge in [0.2, 0.25) is 5.91 Å². The number of nitrogens with one attached hydrogen (secondary N) is 1. The van der Waals surface area contributed by atoms with Crippen molar-refractivity contribution in [2.45, 2.75) is 64.0 Å². The fourth-order valence-corrected chi connectivity index (χ4v) is 4.39. The first-order valence-electron chi connectivity index (χ1n) is 9.70. The zero-order valence-corrected chi connectivity index (χ0v) is 18.9. The van der Waals surface area contributed by atoms with Gasteiger partial charge in [-0.1, -0.05) is 51.4 Å². The van der Waals surface area contributed by atoms with E-state index in [0.29, 0.717) is 11.6 Å². The molecule has 1 aliphatic rings. The normalized spacial score (nSPS) is 21.5. The van der Waals surface area contributed by atoms with Crippen LogP contribution in [-0.2, 0) is 14.3 Å². The number of hydrogen-bond acceptors (Lipinski definition) is 4. The molecule has 0 aliphatic carbocycles. The first-order valence-corrected chi connectivity index (χ1v) is 11.1. The summed E-state index contributed by atoms with van der Waals surface area (Å²) < 4.78 is 5.98. The van der Waals surface area contributed by atoms with Crippen molar-refractivity contribution in [1.82, 2.24) is 10.2 Å². The van der Waals surface area contributed by atoms with Crippen molar-refractivity contribution in [3.05, 3.63) is 34.9 Å². The van der Waals surface area contributed by atoms with E-state index < -0.39 is 6.10 Å². The van der Waals surface area contributed by atoms with E-state index in [9.17, 15) is 9.59 Å². The van der Waals surface area contributed by atoms with Gasteiger partial charge in [0.15, 0.2) is 6.10 Å². The summed E-state index contributed by atoms with van der Waals surface area (Å²) in [5.41, 5.74) is 1.01. The fraction of sp³-hybridized carbons (Fsp3) is 0.619. The molecule has 3 atom stereocenters. The Bertz CT molecular complexity index is 675. The fourth-order valence-electron chi connectivity index (χ4n) is 3.18. The maximum Gasteiger partial charge on any atom is 0.254 e. The van der Waals surface area contributed by atoms with Gasteiger partial charge in [-0.15, -0.1) is 0 Å². The molecule has 0 aromatic heterocycles. The van der Waals surface area contributed by atoms with Gasteiger partial charge in [-0.2, -0.15) is 11.8 Å². The van der Waals surface area contributed by atoms with Crippen molar-refractivity contribution >= 4 is 35.2 Å². The third-order valence-corrected chi connectivity index (χ3v) is 6.35. The molecule has 2 rings (SSSR count). The van der Waals surface area contributed by atoms with Gasteiger partial charge in [-0.05, 0) is 24.1 Å². The van der Waals surface area contributed by atoms with Crippen LogP contribution in [0.3, 0.4) is 0 Å². The second-order valence-electron chi connectivity index (χ2n) is 8.06. The van der Waals surface area contributed by atoms with Crippen LogP contribution in [0, 0.1) is 0 Å². The SMILES string of the molecule is CCC(CSC(C)(C)C)N1C(=O)C(CNC(C)=O)OCC1c1ccc(Cl)cc1. The predicted octanol–water partition coefficient (Wildman–Crippen LogP) is 4.05. The molecule has 1 aliphatic heterocycles. The van der Waals surface area contributed by atoms with Crippen LogP contribution in [0.1, 0.15) is 52.6 Å². The molecule has 5 nitrogen and oxygen atoms in total. The molecule has 0 bridgehead atoms. The summed E-state index contributed by atoms with van der Waals surface area (Å²) in [5.74, 6) is 0.613. The van der Waals surface area contributed by atoms with Gasteiger partial charge in [-0.25, -0.2) is 0 Å². The van der Waals surface area contributed by atoms with E-state index in [0.717, 1.165) is 17.7 Å². The largest absolute Gasteiger partial charge is 0.364 e. The molecular formula is C21H31ClN2O3S. The van der Waals surface area contributed by atoms with Crippen LogP contribution >= 0.6 is 23.4 Å². The number of ether oxygens (including phenoxy) is 1. The van der Waals surface area contributed by atoms with E-state index in [1.54, 1.807) is 0 Å². The standard InChI is InChI=1S/C21H31ClN2O3S/c1-6-17(13-28-21(3,4)5)24-18(15-7-9-16(22)10-8-15)12-27-19(20(24)26)11-23-14(2)25/h7-10,17-19H,6,11-13H2,1-5H3,(H,23,25). The van der Waals surface area contributed by atoms with Crippen LogP contribution in [0.4, 0.5) is 0 Å². The Morgan fingerprint density at radius 1 is 1.36 bits per heavy atom. The summed E-state index contributed by atoms with van der Waals surface area (Å²) in [6, 6.07) is 7.51. The molecule has 156 valence electrons. The van der Waals surface area contributed by atoms with Gasteiger partial charge in [-0.3, -0.25) is 9.59 Å². The number of carbonyl (C=O) groups is 2. The van der Waals surface area contributed by atoms with Crippen LogP contribution in [0.5, 0.6) is 0 Å². The highest BCUT2D eigenvalue weighted by atomic mass is 35.5. The molecule has 0 saturated carbocycles. The molecule has 1 fully saturated rings. The molecule has 1 saturated heterocycles. The Labute approximate surface area is 177 Å². The van der Waals surface area contributed by atoms with Gasteiger partial charge in [0, 0.05) is 28.5 Å². The first kappa shape index (κ1) is 23.0. The average Bonchev–Trinajstić information content (AvgIpc) is 2.62. The van der Waals surface area contributed by atoms with Crippen LogP contribution in [0.25, 0.3) is 0 Å². The van der Waals surface area contributed by atoms with Crippen molar-refractivity contribution in [2.75, 3.05) is 18.9 Å². The number of benzene rings is 1. The van der Waals surface area contributed by atoms with E-state index >= 15 is 0 Å². The van der Waals surface area contributed by atoms with Gasteiger partial charge in [0.25, 0.3) is 5.91 Å². The van der Waals surface area contributed by atoms with E-state index in [4.69, 9.17) is 16.3 Å². The third-order valence-electron chi connectivity index (χ3n) is 4.69. The van der Waals surface area contributed by atoms with Crippen molar-refractivity contribution in [3.63, 3.8) is 0 Å². The highest BCUT2D eigenvalue weighted by Gasteiger charge is 2.40. The summed E-state index contributed by atoms with van der Waals surface area (Å²) in [4.78, 5) is 26.6. The van der Waals surface area contributed by atoms with Crippen molar-refractivity contribution in [3.8, 4) is 0 Å². The van der Waals surface area contributed by atoms with Crippen LogP contribution < -0.4 is 5.32 Å². The molecule has 0 spiro atoms. The van der Waals surface area contributed by atoms with Crippen molar-refractivity contribution in [2.24, 2.45) is 0 Å². The third kappa shape index (κ3) is 6.39. The minimum Gasteiger partial charge on any atom is -0.364 e. The number of rotatable bonds is 7. The lowest BCUT2D eigenvalue weighted by Gasteiger charge is -2.44. The Morgan fingerprint density at radius 2 is 2.00 bits per heavy atom. The van der Waals surface area contributed by atoms with Crippen LogP contribution in [0.15, 0.2) is 24.3 Å². The molecule has 3 unspecified atom stereocenters. The summed E-state index contributed by atoms with van der Waals surface area (Å²) in [6.45, 7) is 10.7. The lowest BCUT2D eigenvalue weighted by atomic mass is 10.00. The van der Waals surface area contributed by atoms with Gasteiger partial charge in [0.1, 0.15) is 0 Å². The Morgan fingerprint density at radius 3 is 2.54 bits per heavy atom. The van der Waals surface area contributed by atoms with Crippen LogP contribution in [-0.4, -0.2) is 52.5 Å². The highest BCUT2D eigenvalue weighted by molar-refractivity contribution is 8.00. The second-order valence-corrected chi connectivity index (χ2v) is 10.3. The van der Waals surface area contributed by atoms with E-state index in [-0.39, 0.29) is 35.2 Å². The van der Waals surface area contributed by atoms with E-state index in [1.165, 1.54) is 6.92 Å². The van der Waals surface area contributed by atoms with Gasteiger partial charge < -0.3 is 15.0 Å². The molecule has 28 heavy (non-hydrogen) atoms. The molecule has 1 aromatic rings. The molecule has 1 heterocycles. The number of halogens is 1. The minimum atomic E-state index is -0.652. The molecule has 2 amide bonds. The van der Waals surface area contributed by atoms with E-state index in [1.807, 2.05) is 40.9 Å². The quantitative estimate of drug-likeness (QED) is 0.714. The number of carbonyl (C=O) groups excluding carboxylic acids is 2. The van der Waals surface area contributed by atoms with Crippen molar-refractivity contribution in [1.29, 1.82) is 0 Å². The smallest absolute Gasteiger partial charge is 0.254 e. The molecular weight excluding hydrogens is 396 g/mol. The zero-order valence-electron chi connectivity index (χ0n) is 17.3. The maximum atomic E-state index is 13.3. The number of amides is 2. The predicted molar refractivity (Wildman–Crippen MR) is 116 cm³/mol. The lowest BCUT2D eigenvalue weighted by molar-refractivity contribution is -0.163. The number of nitrogens with zero attached hydrogens (tertiary/aromatic N) is 1. The van der Waals surface area contributed by atoms with E-state index in [2.05, 4.69) is 33.0 Å². The summed E-state index contributed by atoms with van der Waals surface area (Å²) in [5, 5.41) is 3.37. The second kappa shape index (κ2) is 9.99. The topological polar surface area (TPSA) is 58.6 Å². The lowest BCUT2D eigenvalue weighted by Crippen LogP contribution is -2.57. The Kier molecular flexibility index (Phi) is 8.22. The summed E-state index contributed by atoms with van der Waals surface area (Å²) in [7, 11) is 0. The monoisotopic (exact) mass is 426 g/mol. The Balaban J connectivity index is 2.28. The zero-order chi connectivity index (χ0) is 20.9. The van der Waals surface area contributed by atoms with Crippen LogP contribution in [0.2, 0.25) is 5.02 Å². The maximum absolute atomic E-state index is 13.3. The van der Waals surface area contributed by atoms with Crippen molar-refractivity contribution < 1.29 is 14.3 Å². The summed E-state index contributed by atoms with van der Waals surface area (Å²) in [6.07, 6.45) is 0.201. The molecule has 0 radical (unpaired) electrons. The number of hydrogen-bond donors (Lipinski definition) is 1. The van der Waals surface area contributed by atoms with Gasteiger partial charge >= 0.3 is 0 Å². The number of morpholine rings is 1. The van der Waals surface area contributed by atoms with Gasteiger partial charge in [0.05, 0.1) is 19.2 Å². The first-order chi connectivity index (χ1) is 13.1. The Hall–Kier alpha value is -1.24. The molecule has 1 N–H and O–H groups in total.